The van der Waals surface area contributed by atoms with E-state index in [0.717, 1.165) is 31.7 Å². The van der Waals surface area contributed by atoms with Gasteiger partial charge >= 0.3 is 6.09 Å². The van der Waals surface area contributed by atoms with Gasteiger partial charge in [0.2, 0.25) is 5.88 Å². The van der Waals surface area contributed by atoms with Crippen LogP contribution in [0.25, 0.3) is 5.82 Å². The molecule has 1 amide bonds. The van der Waals surface area contributed by atoms with Crippen LogP contribution in [-0.2, 0) is 6.42 Å². The minimum absolute atomic E-state index is 0.0349. The standard InChI is InChI=1S/C21H27N7O3S/c1-14(2)18-19(29)28(20(32)25-18)17-4-3-16(12-23-17)31-21(30)27-9-7-26(8-10-27)6-5-15-11-22-13-24-15/h3-4,11-14,29H,5-10H2,1-2H3,(H,22,24)(H,25,32). The molecule has 1 saturated heterocycles. The number of pyridine rings is 1. The molecular weight excluding hydrogens is 430 g/mol. The first-order chi connectivity index (χ1) is 15.4. The normalized spacial score (nSPS) is 14.8. The van der Waals surface area contributed by atoms with Gasteiger partial charge in [-0.15, -0.1) is 0 Å². The average Bonchev–Trinajstić information content (AvgIpc) is 3.41. The van der Waals surface area contributed by atoms with Gasteiger partial charge in [0, 0.05) is 51.0 Å². The van der Waals surface area contributed by atoms with Gasteiger partial charge in [-0.05, 0) is 30.3 Å². The van der Waals surface area contributed by atoms with Gasteiger partial charge in [0.15, 0.2) is 10.5 Å². The maximum atomic E-state index is 12.5. The lowest BCUT2D eigenvalue weighted by atomic mass is 10.1. The smallest absolute Gasteiger partial charge is 0.415 e. The monoisotopic (exact) mass is 457 g/mol. The Morgan fingerprint density at radius 2 is 2.03 bits per heavy atom. The lowest BCUT2D eigenvalue weighted by Gasteiger charge is -2.33. The molecule has 1 fully saturated rings. The highest BCUT2D eigenvalue weighted by Gasteiger charge is 2.23. The molecule has 0 saturated carbocycles. The van der Waals surface area contributed by atoms with E-state index in [9.17, 15) is 9.90 Å². The van der Waals surface area contributed by atoms with E-state index < -0.39 is 6.09 Å². The van der Waals surface area contributed by atoms with Gasteiger partial charge in [0.05, 0.1) is 18.2 Å². The van der Waals surface area contributed by atoms with Crippen molar-refractivity contribution >= 4 is 18.3 Å². The SMILES string of the molecule is CC(C)c1[nH]c(=S)n(-c2ccc(OC(=O)N3CCN(CCc4cnc[nH]4)CC3)cn2)c1O. The molecule has 170 valence electrons. The molecular formula is C21H27N7O3S. The summed E-state index contributed by atoms with van der Waals surface area (Å²) in [5.41, 5.74) is 1.76. The number of piperazine rings is 1. The van der Waals surface area contributed by atoms with E-state index in [-0.39, 0.29) is 11.8 Å². The number of carbonyl (C=O) groups excluding carboxylic acids is 1. The van der Waals surface area contributed by atoms with Crippen molar-refractivity contribution in [2.75, 3.05) is 32.7 Å². The van der Waals surface area contributed by atoms with Crippen LogP contribution >= 0.6 is 12.2 Å². The Hall–Kier alpha value is -3.18. The number of nitrogens with one attached hydrogen (secondary N) is 2. The Morgan fingerprint density at radius 3 is 2.62 bits per heavy atom. The van der Waals surface area contributed by atoms with Gasteiger partial charge in [0.25, 0.3) is 0 Å². The number of nitrogens with zero attached hydrogens (tertiary/aromatic N) is 5. The van der Waals surface area contributed by atoms with Crippen LogP contribution in [0.4, 0.5) is 4.79 Å². The van der Waals surface area contributed by atoms with E-state index in [1.165, 1.54) is 10.8 Å². The number of H-pyrrole nitrogens is 2. The van der Waals surface area contributed by atoms with Crippen molar-refractivity contribution in [2.45, 2.75) is 26.2 Å². The molecule has 0 atom stereocenters. The van der Waals surface area contributed by atoms with Gasteiger partial charge < -0.3 is 24.7 Å². The maximum Gasteiger partial charge on any atom is 0.415 e. The topological polar surface area (TPSA) is 115 Å². The maximum absolute atomic E-state index is 12.5. The summed E-state index contributed by atoms with van der Waals surface area (Å²) in [5, 5.41) is 10.5. The predicted molar refractivity (Wildman–Crippen MR) is 121 cm³/mol. The summed E-state index contributed by atoms with van der Waals surface area (Å²) in [7, 11) is 0. The fourth-order valence-corrected chi connectivity index (χ4v) is 3.93. The number of imidazole rings is 2. The minimum Gasteiger partial charge on any atom is -0.493 e. The minimum atomic E-state index is -0.393. The van der Waals surface area contributed by atoms with E-state index in [1.54, 1.807) is 23.4 Å². The quantitative estimate of drug-likeness (QED) is 0.488. The van der Waals surface area contributed by atoms with E-state index >= 15 is 0 Å². The molecule has 11 heteroatoms. The average molecular weight is 458 g/mol. The molecule has 4 rings (SSSR count). The zero-order chi connectivity index (χ0) is 22.7. The van der Waals surface area contributed by atoms with Gasteiger partial charge in [-0.3, -0.25) is 4.90 Å². The van der Waals surface area contributed by atoms with Gasteiger partial charge in [0.1, 0.15) is 5.82 Å². The molecule has 1 aliphatic heterocycles. The zero-order valence-corrected chi connectivity index (χ0v) is 18.9. The van der Waals surface area contributed by atoms with Gasteiger partial charge in [-0.2, -0.15) is 0 Å². The Labute approximate surface area is 190 Å². The van der Waals surface area contributed by atoms with Crippen molar-refractivity contribution in [3.8, 4) is 17.4 Å². The van der Waals surface area contributed by atoms with Crippen LogP contribution in [-0.4, -0.2) is 78.2 Å². The first-order valence-corrected chi connectivity index (χ1v) is 11.0. The number of carbonyl (C=O) groups is 1. The number of hydrogen-bond acceptors (Lipinski definition) is 7. The second-order valence-corrected chi connectivity index (χ2v) is 8.42. The van der Waals surface area contributed by atoms with Crippen molar-refractivity contribution in [1.29, 1.82) is 0 Å². The summed E-state index contributed by atoms with van der Waals surface area (Å²) in [5.74, 6) is 0.907. The fraction of sp³-hybridized carbons (Fsp3) is 0.429. The molecule has 3 N–H and O–H groups in total. The highest BCUT2D eigenvalue weighted by Crippen LogP contribution is 2.27. The Kier molecular flexibility index (Phi) is 6.56. The summed E-state index contributed by atoms with van der Waals surface area (Å²) in [6.45, 7) is 7.64. The van der Waals surface area contributed by atoms with Crippen LogP contribution < -0.4 is 4.74 Å². The number of aromatic nitrogens is 5. The molecule has 0 unspecified atom stereocenters. The van der Waals surface area contributed by atoms with Crippen LogP contribution in [0.5, 0.6) is 11.6 Å². The molecule has 0 bridgehead atoms. The third kappa shape index (κ3) is 4.83. The lowest BCUT2D eigenvalue weighted by Crippen LogP contribution is -2.49. The third-order valence-corrected chi connectivity index (χ3v) is 5.80. The van der Waals surface area contributed by atoms with Crippen molar-refractivity contribution in [3.05, 3.63) is 47.0 Å². The molecule has 0 aliphatic carbocycles. The first-order valence-electron chi connectivity index (χ1n) is 10.6. The summed E-state index contributed by atoms with van der Waals surface area (Å²) >= 11 is 5.31. The van der Waals surface area contributed by atoms with Crippen LogP contribution in [0.15, 0.2) is 30.9 Å². The van der Waals surface area contributed by atoms with E-state index in [4.69, 9.17) is 17.0 Å². The highest BCUT2D eigenvalue weighted by atomic mass is 32.1. The molecule has 3 aromatic heterocycles. The Morgan fingerprint density at radius 1 is 1.25 bits per heavy atom. The molecule has 0 spiro atoms. The molecule has 10 nitrogen and oxygen atoms in total. The summed E-state index contributed by atoms with van der Waals surface area (Å²) in [4.78, 5) is 31.0. The van der Waals surface area contributed by atoms with Crippen molar-refractivity contribution < 1.29 is 14.6 Å². The van der Waals surface area contributed by atoms with Gasteiger partial charge in [-0.1, -0.05) is 13.8 Å². The number of aromatic hydroxyl groups is 1. The molecule has 1 aliphatic rings. The van der Waals surface area contributed by atoms with Crippen molar-refractivity contribution in [2.24, 2.45) is 0 Å². The highest BCUT2D eigenvalue weighted by molar-refractivity contribution is 7.71. The molecule has 0 radical (unpaired) electrons. The number of amides is 1. The Balaban J connectivity index is 1.31. The largest absolute Gasteiger partial charge is 0.493 e. The predicted octanol–water partition coefficient (Wildman–Crippen LogP) is 2.84. The van der Waals surface area contributed by atoms with Crippen LogP contribution in [0.2, 0.25) is 0 Å². The molecule has 0 aromatic carbocycles. The summed E-state index contributed by atoms with van der Waals surface area (Å²) in [6.07, 6.45) is 5.49. The van der Waals surface area contributed by atoms with Crippen molar-refractivity contribution in [3.63, 3.8) is 0 Å². The zero-order valence-electron chi connectivity index (χ0n) is 18.1. The van der Waals surface area contributed by atoms with E-state index in [2.05, 4.69) is 24.8 Å². The number of rotatable bonds is 6. The van der Waals surface area contributed by atoms with E-state index in [0.29, 0.717) is 35.1 Å². The van der Waals surface area contributed by atoms with Crippen LogP contribution in [0.1, 0.15) is 31.2 Å². The van der Waals surface area contributed by atoms with Crippen molar-refractivity contribution in [1.82, 2.24) is 34.3 Å². The second kappa shape index (κ2) is 9.53. The van der Waals surface area contributed by atoms with Crippen LogP contribution in [0, 0.1) is 4.77 Å². The third-order valence-electron chi connectivity index (χ3n) is 5.51. The lowest BCUT2D eigenvalue weighted by molar-refractivity contribution is 0.111. The fourth-order valence-electron chi connectivity index (χ4n) is 3.64. The second-order valence-electron chi connectivity index (χ2n) is 8.03. The number of aromatic amines is 2. The summed E-state index contributed by atoms with van der Waals surface area (Å²) in [6, 6.07) is 3.30. The van der Waals surface area contributed by atoms with Crippen LogP contribution in [0.3, 0.4) is 0 Å². The number of ether oxygens (including phenoxy) is 1. The molecule has 3 aromatic rings. The van der Waals surface area contributed by atoms with Gasteiger partial charge in [-0.25, -0.2) is 19.3 Å². The van der Waals surface area contributed by atoms with E-state index in [1.807, 2.05) is 20.0 Å². The summed E-state index contributed by atoms with van der Waals surface area (Å²) < 4.78 is 7.30. The Bertz CT molecular complexity index is 1100. The first kappa shape index (κ1) is 22.0. The molecule has 32 heavy (non-hydrogen) atoms. The number of hydrogen-bond donors (Lipinski definition) is 3. The molecule has 4 heterocycles.